The van der Waals surface area contributed by atoms with E-state index in [0.717, 1.165) is 0 Å². The number of aromatic nitrogens is 1. The van der Waals surface area contributed by atoms with Gasteiger partial charge in [0.2, 0.25) is 5.89 Å². The lowest BCUT2D eigenvalue weighted by Gasteiger charge is -2.10. The van der Waals surface area contributed by atoms with E-state index < -0.39 is 17.0 Å². The minimum Gasteiger partial charge on any atom is -0.616 e. The average molecular weight is 368 g/mol. The molecular weight excluding hydrogens is 347 g/mol. The van der Waals surface area contributed by atoms with E-state index in [0.29, 0.717) is 31.0 Å². The second-order valence-electron chi connectivity index (χ2n) is 5.43. The van der Waals surface area contributed by atoms with E-state index in [2.05, 4.69) is 10.3 Å². The number of carbonyl (C=O) groups excluding carboxylic acids is 1. The van der Waals surface area contributed by atoms with Gasteiger partial charge >= 0.3 is 0 Å². The van der Waals surface area contributed by atoms with Crippen LogP contribution in [0.4, 0.5) is 4.39 Å². The number of carbonyl (C=O) groups is 1. The Bertz CT molecular complexity index is 708. The molecular formula is C17H21FN2O4S. The van der Waals surface area contributed by atoms with Crippen molar-refractivity contribution in [3.8, 4) is 11.5 Å². The van der Waals surface area contributed by atoms with E-state index in [-0.39, 0.29) is 28.9 Å². The van der Waals surface area contributed by atoms with Gasteiger partial charge in [0.1, 0.15) is 17.3 Å². The van der Waals surface area contributed by atoms with Crippen LogP contribution in [-0.2, 0) is 26.5 Å². The maximum atomic E-state index is 13.8. The SMILES string of the molecule is COCCCNC(=O)C[S+]([O-])Cc1nc(-c2ccccc2F)oc1C. The van der Waals surface area contributed by atoms with Crippen molar-refractivity contribution in [2.75, 3.05) is 26.0 Å². The van der Waals surface area contributed by atoms with E-state index in [9.17, 15) is 13.7 Å². The Morgan fingerprint density at radius 1 is 1.44 bits per heavy atom. The van der Waals surface area contributed by atoms with Gasteiger partial charge < -0.3 is 19.0 Å². The molecule has 0 radical (unpaired) electrons. The fourth-order valence-electron chi connectivity index (χ4n) is 2.16. The van der Waals surface area contributed by atoms with Gasteiger partial charge in [0.25, 0.3) is 5.91 Å². The molecule has 1 atom stereocenters. The Morgan fingerprint density at radius 3 is 2.92 bits per heavy atom. The summed E-state index contributed by atoms with van der Waals surface area (Å²) in [5, 5.41) is 2.68. The second-order valence-corrected chi connectivity index (χ2v) is 6.88. The number of ether oxygens (including phenoxy) is 1. The Kier molecular flexibility index (Phi) is 7.42. The number of halogens is 1. The Morgan fingerprint density at radius 2 is 2.20 bits per heavy atom. The standard InChI is InChI=1S/C17H21FN2O4S/c1-12-15(10-25(22)11-16(21)19-8-5-9-23-2)20-17(24-12)13-6-3-4-7-14(13)18/h3-4,6-7H,5,8-11H2,1-2H3,(H,19,21). The molecule has 0 bridgehead atoms. The highest BCUT2D eigenvalue weighted by molar-refractivity contribution is 7.91. The average Bonchev–Trinajstić information content (AvgIpc) is 2.92. The maximum Gasteiger partial charge on any atom is 0.269 e. The molecule has 6 nitrogen and oxygen atoms in total. The van der Waals surface area contributed by atoms with Gasteiger partial charge in [-0.15, -0.1) is 0 Å². The van der Waals surface area contributed by atoms with Gasteiger partial charge in [-0.25, -0.2) is 9.37 Å². The summed E-state index contributed by atoms with van der Waals surface area (Å²) in [5.41, 5.74) is 0.710. The monoisotopic (exact) mass is 368 g/mol. The minimum atomic E-state index is -1.43. The summed E-state index contributed by atoms with van der Waals surface area (Å²) >= 11 is -1.43. The first-order chi connectivity index (χ1) is 12.0. The van der Waals surface area contributed by atoms with E-state index in [1.54, 1.807) is 32.2 Å². The number of nitrogens with zero attached hydrogens (tertiary/aromatic N) is 1. The number of benzene rings is 1. The first-order valence-corrected chi connectivity index (χ1v) is 9.32. The van der Waals surface area contributed by atoms with E-state index in [1.807, 2.05) is 0 Å². The third-order valence-corrected chi connectivity index (χ3v) is 4.61. The van der Waals surface area contributed by atoms with Crippen molar-refractivity contribution in [1.29, 1.82) is 0 Å². The van der Waals surface area contributed by atoms with Crippen LogP contribution in [0.1, 0.15) is 17.9 Å². The largest absolute Gasteiger partial charge is 0.616 e. The predicted molar refractivity (Wildman–Crippen MR) is 92.9 cm³/mol. The molecule has 8 heteroatoms. The fourth-order valence-corrected chi connectivity index (χ4v) is 3.23. The Balaban J connectivity index is 1.92. The molecule has 136 valence electrons. The van der Waals surface area contributed by atoms with Crippen LogP contribution in [0.5, 0.6) is 0 Å². The van der Waals surface area contributed by atoms with Crippen molar-refractivity contribution in [3.05, 3.63) is 41.5 Å². The molecule has 1 aromatic heterocycles. The van der Waals surface area contributed by atoms with Crippen LogP contribution in [-0.4, -0.2) is 41.5 Å². The third-order valence-electron chi connectivity index (χ3n) is 3.43. The summed E-state index contributed by atoms with van der Waals surface area (Å²) in [6, 6.07) is 6.15. The predicted octanol–water partition coefficient (Wildman–Crippen LogP) is 2.19. The second kappa shape index (κ2) is 9.55. The quantitative estimate of drug-likeness (QED) is 0.541. The number of aryl methyl sites for hydroxylation is 1. The summed E-state index contributed by atoms with van der Waals surface area (Å²) in [4.78, 5) is 16.0. The van der Waals surface area contributed by atoms with Gasteiger partial charge in [-0.05, 0) is 36.7 Å². The van der Waals surface area contributed by atoms with Crippen molar-refractivity contribution < 1.29 is 22.9 Å². The minimum absolute atomic E-state index is 0.0786. The first-order valence-electron chi connectivity index (χ1n) is 7.83. The summed E-state index contributed by atoms with van der Waals surface area (Å²) in [6.07, 6.45) is 0.698. The number of oxazole rings is 1. The topological polar surface area (TPSA) is 87.4 Å². The van der Waals surface area contributed by atoms with Crippen LogP contribution in [0.25, 0.3) is 11.5 Å². The molecule has 1 N–H and O–H groups in total. The zero-order valence-electron chi connectivity index (χ0n) is 14.2. The molecule has 0 saturated carbocycles. The number of hydrogen-bond donors (Lipinski definition) is 1. The summed E-state index contributed by atoms with van der Waals surface area (Å²) < 4.78 is 36.3. The van der Waals surface area contributed by atoms with E-state index >= 15 is 0 Å². The van der Waals surface area contributed by atoms with Crippen molar-refractivity contribution in [2.45, 2.75) is 19.1 Å². The molecule has 0 aliphatic carbocycles. The number of hydrogen-bond acceptors (Lipinski definition) is 5. The number of amides is 1. The highest BCUT2D eigenvalue weighted by atomic mass is 32.2. The molecule has 0 spiro atoms. The van der Waals surface area contributed by atoms with Crippen molar-refractivity contribution in [1.82, 2.24) is 10.3 Å². The molecule has 0 saturated heterocycles. The van der Waals surface area contributed by atoms with Gasteiger partial charge in [-0.1, -0.05) is 12.1 Å². The lowest BCUT2D eigenvalue weighted by atomic mass is 10.2. The molecule has 25 heavy (non-hydrogen) atoms. The van der Waals surface area contributed by atoms with Gasteiger partial charge in [0.05, 0.1) is 5.56 Å². The first kappa shape index (κ1) is 19.4. The van der Waals surface area contributed by atoms with Crippen molar-refractivity contribution >= 4 is 17.1 Å². The molecule has 2 rings (SSSR count). The van der Waals surface area contributed by atoms with Crippen LogP contribution in [0.2, 0.25) is 0 Å². The van der Waals surface area contributed by atoms with Crippen LogP contribution in [0.3, 0.4) is 0 Å². The van der Waals surface area contributed by atoms with Crippen LogP contribution in [0.15, 0.2) is 28.7 Å². The Hall–Kier alpha value is -1.90. The van der Waals surface area contributed by atoms with Gasteiger partial charge in [-0.2, -0.15) is 0 Å². The molecule has 2 aromatic rings. The van der Waals surface area contributed by atoms with Crippen molar-refractivity contribution in [2.24, 2.45) is 0 Å². The van der Waals surface area contributed by atoms with Crippen molar-refractivity contribution in [3.63, 3.8) is 0 Å². The Labute approximate surface area is 149 Å². The summed E-state index contributed by atoms with van der Waals surface area (Å²) in [7, 11) is 1.59. The number of methoxy groups -OCH3 is 1. The van der Waals surface area contributed by atoms with Gasteiger partial charge in [0.15, 0.2) is 11.5 Å². The lowest BCUT2D eigenvalue weighted by molar-refractivity contribution is -0.118. The molecule has 1 unspecified atom stereocenters. The molecule has 1 amide bonds. The smallest absolute Gasteiger partial charge is 0.269 e. The molecule has 0 fully saturated rings. The third kappa shape index (κ3) is 5.84. The zero-order chi connectivity index (χ0) is 18.2. The highest BCUT2D eigenvalue weighted by Crippen LogP contribution is 2.25. The molecule has 0 aliphatic rings. The van der Waals surface area contributed by atoms with Crippen LogP contribution >= 0.6 is 0 Å². The summed E-state index contributed by atoms with van der Waals surface area (Å²) in [6.45, 7) is 2.71. The summed E-state index contributed by atoms with van der Waals surface area (Å²) in [5.74, 6) is -0.153. The van der Waals surface area contributed by atoms with E-state index in [4.69, 9.17) is 9.15 Å². The van der Waals surface area contributed by atoms with Gasteiger partial charge in [0, 0.05) is 20.3 Å². The zero-order valence-corrected chi connectivity index (χ0v) is 15.0. The lowest BCUT2D eigenvalue weighted by Crippen LogP contribution is -2.32. The van der Waals surface area contributed by atoms with E-state index in [1.165, 1.54) is 6.07 Å². The molecule has 0 aliphatic heterocycles. The van der Waals surface area contributed by atoms with Crippen LogP contribution in [0, 0.1) is 12.7 Å². The number of nitrogens with one attached hydrogen (secondary N) is 1. The normalized spacial score (nSPS) is 12.2. The van der Waals surface area contributed by atoms with Crippen LogP contribution < -0.4 is 5.32 Å². The number of rotatable bonds is 9. The highest BCUT2D eigenvalue weighted by Gasteiger charge is 2.20. The van der Waals surface area contributed by atoms with Gasteiger partial charge in [-0.3, -0.25) is 4.79 Å². The maximum absolute atomic E-state index is 13.8. The molecule has 1 aromatic carbocycles. The fraction of sp³-hybridized carbons (Fsp3) is 0.412. The molecule has 1 heterocycles.